The zero-order chi connectivity index (χ0) is 11.5. The lowest BCUT2D eigenvalue weighted by molar-refractivity contribution is -0.106. The summed E-state index contributed by atoms with van der Waals surface area (Å²) in [6.07, 6.45) is 2.23. The first-order chi connectivity index (χ1) is 7.02. The van der Waals surface area contributed by atoms with Crippen LogP contribution < -0.4 is 5.73 Å². The molecule has 3 heteroatoms. The fraction of sp³-hybridized carbons (Fsp3) is 1.00. The van der Waals surface area contributed by atoms with E-state index in [1.165, 1.54) is 0 Å². The highest BCUT2D eigenvalue weighted by molar-refractivity contribution is 4.98. The maximum absolute atomic E-state index is 6.00. The van der Waals surface area contributed by atoms with Gasteiger partial charge in [-0.25, -0.2) is 0 Å². The molecule has 1 aliphatic rings. The van der Waals surface area contributed by atoms with Crippen LogP contribution in [0.25, 0.3) is 0 Å². The minimum atomic E-state index is 0.115. The maximum Gasteiger partial charge on any atom is 0.0645 e. The topological polar surface area (TPSA) is 38.5 Å². The lowest BCUT2D eigenvalue weighted by atomic mass is 9.85. The molecular formula is C12H26N2O. The van der Waals surface area contributed by atoms with Gasteiger partial charge in [0.15, 0.2) is 0 Å². The Bertz CT molecular complexity index is 192. The van der Waals surface area contributed by atoms with Crippen molar-refractivity contribution in [1.29, 1.82) is 0 Å². The first-order valence-electron chi connectivity index (χ1n) is 6.08. The molecule has 0 aliphatic carbocycles. The molecule has 0 unspecified atom stereocenters. The number of hydrogen-bond acceptors (Lipinski definition) is 3. The third-order valence-corrected chi connectivity index (χ3v) is 3.91. The van der Waals surface area contributed by atoms with Gasteiger partial charge in [0, 0.05) is 24.2 Å². The van der Waals surface area contributed by atoms with Crippen LogP contribution in [0.3, 0.4) is 0 Å². The second-order valence-corrected chi connectivity index (χ2v) is 5.15. The smallest absolute Gasteiger partial charge is 0.0645 e. The molecule has 15 heavy (non-hydrogen) atoms. The van der Waals surface area contributed by atoms with Crippen molar-refractivity contribution in [1.82, 2.24) is 4.90 Å². The molecule has 0 aromatic heterocycles. The molecule has 1 aliphatic heterocycles. The molecule has 3 nitrogen and oxygen atoms in total. The Labute approximate surface area is 94.0 Å². The highest BCUT2D eigenvalue weighted by atomic mass is 16.5. The molecule has 2 N–H and O–H groups in total. The fourth-order valence-electron chi connectivity index (χ4n) is 2.77. The molecule has 0 radical (unpaired) electrons. The van der Waals surface area contributed by atoms with Crippen LogP contribution in [-0.4, -0.2) is 42.3 Å². The van der Waals surface area contributed by atoms with E-state index in [1.807, 2.05) is 0 Å². The van der Waals surface area contributed by atoms with Crippen molar-refractivity contribution in [2.45, 2.75) is 51.6 Å². The molecule has 1 rings (SSSR count). The highest BCUT2D eigenvalue weighted by Crippen LogP contribution is 2.32. The van der Waals surface area contributed by atoms with Crippen LogP contribution in [0.4, 0.5) is 0 Å². The molecule has 0 saturated carbocycles. The van der Waals surface area contributed by atoms with Crippen molar-refractivity contribution < 1.29 is 4.74 Å². The third kappa shape index (κ3) is 2.35. The Morgan fingerprint density at radius 2 is 1.93 bits per heavy atom. The number of rotatable bonds is 4. The standard InChI is InChI=1S/C12H26N2O/c1-5-12(6-2,9-13)14-7-8-15-10-11(14,3)4/h5-10,13H2,1-4H3. The van der Waals surface area contributed by atoms with E-state index in [1.54, 1.807) is 0 Å². The molecule has 0 spiro atoms. The highest BCUT2D eigenvalue weighted by Gasteiger charge is 2.42. The summed E-state index contributed by atoms with van der Waals surface area (Å²) >= 11 is 0. The first-order valence-corrected chi connectivity index (χ1v) is 6.08. The number of morpholine rings is 1. The van der Waals surface area contributed by atoms with Gasteiger partial charge in [-0.05, 0) is 26.7 Å². The van der Waals surface area contributed by atoms with Crippen LogP contribution in [0.15, 0.2) is 0 Å². The Morgan fingerprint density at radius 1 is 1.33 bits per heavy atom. The zero-order valence-corrected chi connectivity index (χ0v) is 10.7. The van der Waals surface area contributed by atoms with Gasteiger partial charge in [0.05, 0.1) is 13.2 Å². The lowest BCUT2D eigenvalue weighted by Crippen LogP contribution is -2.65. The van der Waals surface area contributed by atoms with Gasteiger partial charge in [0.25, 0.3) is 0 Å². The van der Waals surface area contributed by atoms with Gasteiger partial charge < -0.3 is 10.5 Å². The van der Waals surface area contributed by atoms with Crippen LogP contribution in [0, 0.1) is 0 Å². The third-order valence-electron chi connectivity index (χ3n) is 3.91. The van der Waals surface area contributed by atoms with Gasteiger partial charge in [-0.2, -0.15) is 0 Å². The summed E-state index contributed by atoms with van der Waals surface area (Å²) in [5.74, 6) is 0. The van der Waals surface area contributed by atoms with E-state index < -0.39 is 0 Å². The molecular weight excluding hydrogens is 188 g/mol. The van der Waals surface area contributed by atoms with E-state index in [0.717, 1.165) is 39.1 Å². The van der Waals surface area contributed by atoms with Crippen molar-refractivity contribution in [3.8, 4) is 0 Å². The van der Waals surface area contributed by atoms with Gasteiger partial charge in [-0.3, -0.25) is 4.90 Å². The van der Waals surface area contributed by atoms with E-state index in [9.17, 15) is 0 Å². The molecule has 0 aromatic rings. The minimum absolute atomic E-state index is 0.115. The Hall–Kier alpha value is -0.120. The van der Waals surface area contributed by atoms with Gasteiger partial charge in [-0.1, -0.05) is 13.8 Å². The number of nitrogens with zero attached hydrogens (tertiary/aromatic N) is 1. The minimum Gasteiger partial charge on any atom is -0.378 e. The molecule has 0 bridgehead atoms. The van der Waals surface area contributed by atoms with Gasteiger partial charge >= 0.3 is 0 Å². The monoisotopic (exact) mass is 214 g/mol. The van der Waals surface area contributed by atoms with Crippen molar-refractivity contribution in [2.75, 3.05) is 26.3 Å². The number of ether oxygens (including phenoxy) is 1. The normalized spacial score (nSPS) is 23.0. The largest absolute Gasteiger partial charge is 0.378 e. The van der Waals surface area contributed by atoms with E-state index in [-0.39, 0.29) is 11.1 Å². The zero-order valence-electron chi connectivity index (χ0n) is 10.7. The van der Waals surface area contributed by atoms with Crippen molar-refractivity contribution in [3.63, 3.8) is 0 Å². The summed E-state index contributed by atoms with van der Waals surface area (Å²) in [6, 6.07) is 0. The first kappa shape index (κ1) is 12.9. The second kappa shape index (κ2) is 4.81. The summed E-state index contributed by atoms with van der Waals surface area (Å²) in [5, 5.41) is 0. The fourth-order valence-corrected chi connectivity index (χ4v) is 2.77. The van der Waals surface area contributed by atoms with Gasteiger partial charge in [0.2, 0.25) is 0 Å². The van der Waals surface area contributed by atoms with Crippen LogP contribution in [0.5, 0.6) is 0 Å². The molecule has 90 valence electrons. The van der Waals surface area contributed by atoms with Crippen molar-refractivity contribution in [3.05, 3.63) is 0 Å². The van der Waals surface area contributed by atoms with Gasteiger partial charge in [-0.15, -0.1) is 0 Å². The molecule has 0 amide bonds. The molecule has 1 heterocycles. The number of nitrogens with two attached hydrogens (primary N) is 1. The average Bonchev–Trinajstić information content (AvgIpc) is 2.23. The van der Waals surface area contributed by atoms with E-state index in [4.69, 9.17) is 10.5 Å². The van der Waals surface area contributed by atoms with E-state index in [0.29, 0.717) is 0 Å². The Balaban J connectivity index is 2.90. The second-order valence-electron chi connectivity index (χ2n) is 5.15. The summed E-state index contributed by atoms with van der Waals surface area (Å²) < 4.78 is 5.56. The Morgan fingerprint density at radius 3 is 2.33 bits per heavy atom. The summed E-state index contributed by atoms with van der Waals surface area (Å²) in [6.45, 7) is 12.4. The van der Waals surface area contributed by atoms with Gasteiger partial charge in [0.1, 0.15) is 0 Å². The summed E-state index contributed by atoms with van der Waals surface area (Å²) in [4.78, 5) is 2.56. The molecule has 0 aromatic carbocycles. The van der Waals surface area contributed by atoms with E-state index >= 15 is 0 Å². The van der Waals surface area contributed by atoms with Crippen LogP contribution in [0.1, 0.15) is 40.5 Å². The predicted molar refractivity (Wildman–Crippen MR) is 64.0 cm³/mol. The average molecular weight is 214 g/mol. The lowest BCUT2D eigenvalue weighted by Gasteiger charge is -2.53. The molecule has 0 atom stereocenters. The maximum atomic E-state index is 6.00. The summed E-state index contributed by atoms with van der Waals surface area (Å²) in [5.41, 5.74) is 6.27. The van der Waals surface area contributed by atoms with E-state index in [2.05, 4.69) is 32.6 Å². The quantitative estimate of drug-likeness (QED) is 0.773. The van der Waals surface area contributed by atoms with Crippen molar-refractivity contribution >= 4 is 0 Å². The number of hydrogen-bond donors (Lipinski definition) is 1. The Kier molecular flexibility index (Phi) is 4.15. The van der Waals surface area contributed by atoms with Crippen LogP contribution >= 0.6 is 0 Å². The molecule has 1 saturated heterocycles. The van der Waals surface area contributed by atoms with Crippen LogP contribution in [-0.2, 0) is 4.74 Å². The predicted octanol–water partition coefficient (Wildman–Crippen LogP) is 1.61. The van der Waals surface area contributed by atoms with Crippen LogP contribution in [0.2, 0.25) is 0 Å². The van der Waals surface area contributed by atoms with Crippen molar-refractivity contribution in [2.24, 2.45) is 5.73 Å². The SMILES string of the molecule is CCC(CC)(CN)N1CCOCC1(C)C. The molecule has 1 fully saturated rings. The summed E-state index contributed by atoms with van der Waals surface area (Å²) in [7, 11) is 0.